The van der Waals surface area contributed by atoms with Gasteiger partial charge in [-0.1, -0.05) is 42.8 Å². The largest absolute Gasteiger partial charge is 0.352 e. The van der Waals surface area contributed by atoms with Crippen molar-refractivity contribution in [2.24, 2.45) is 0 Å². The summed E-state index contributed by atoms with van der Waals surface area (Å²) in [5.74, 6) is 0.217. The highest BCUT2D eigenvalue weighted by Gasteiger charge is 2.26. The number of rotatable bonds is 10. The summed E-state index contributed by atoms with van der Waals surface area (Å²) in [6.45, 7) is 5.97. The quantitative estimate of drug-likeness (QED) is 0.551. The van der Waals surface area contributed by atoms with Crippen molar-refractivity contribution >= 4 is 35.2 Å². The molecule has 0 aliphatic rings. The van der Waals surface area contributed by atoms with Gasteiger partial charge in [-0.05, 0) is 55.7 Å². The molecule has 0 bridgehead atoms. The minimum atomic E-state index is -0.614. The molecule has 2 aromatic carbocycles. The van der Waals surface area contributed by atoms with E-state index in [4.69, 9.17) is 11.6 Å². The van der Waals surface area contributed by atoms with E-state index in [-0.39, 0.29) is 29.4 Å². The smallest absolute Gasteiger partial charge is 0.242 e. The molecular formula is C23H28ClFN2O2S. The van der Waals surface area contributed by atoms with Crippen LogP contribution in [0.2, 0.25) is 5.02 Å². The van der Waals surface area contributed by atoms with Gasteiger partial charge in [0.2, 0.25) is 11.8 Å². The third-order valence-corrected chi connectivity index (χ3v) is 6.04. The van der Waals surface area contributed by atoms with Crippen molar-refractivity contribution in [3.63, 3.8) is 0 Å². The van der Waals surface area contributed by atoms with Crippen molar-refractivity contribution in [1.29, 1.82) is 0 Å². The fourth-order valence-corrected chi connectivity index (χ4v) is 3.88. The summed E-state index contributed by atoms with van der Waals surface area (Å²) in [6.07, 6.45) is 0.814. The van der Waals surface area contributed by atoms with Crippen molar-refractivity contribution in [3.05, 3.63) is 70.5 Å². The number of hydrogen-bond donors (Lipinski definition) is 1. The third-order valence-electron chi connectivity index (χ3n) is 4.82. The van der Waals surface area contributed by atoms with Crippen LogP contribution in [0.4, 0.5) is 4.39 Å². The second-order valence-electron chi connectivity index (χ2n) is 7.26. The Labute approximate surface area is 187 Å². The average Bonchev–Trinajstić information content (AvgIpc) is 2.72. The summed E-state index contributed by atoms with van der Waals surface area (Å²) < 4.78 is 13.0. The van der Waals surface area contributed by atoms with E-state index in [0.29, 0.717) is 17.3 Å². The second-order valence-corrected chi connectivity index (χ2v) is 8.69. The predicted molar refractivity (Wildman–Crippen MR) is 122 cm³/mol. The molecule has 0 unspecified atom stereocenters. The molecule has 2 rings (SSSR count). The minimum Gasteiger partial charge on any atom is -0.352 e. The first-order valence-electron chi connectivity index (χ1n) is 9.96. The van der Waals surface area contributed by atoms with Crippen molar-refractivity contribution in [2.75, 3.05) is 5.75 Å². The molecule has 0 aliphatic heterocycles. The minimum absolute atomic E-state index is 0.0379. The standard InChI is InChI=1S/C23H28ClFN2O2S/c1-4-16(2)26-23(29)17(3)27(13-19-6-5-7-20(24)12-19)22(28)15-30-14-18-8-10-21(25)11-9-18/h5-12,16-17H,4,13-15H2,1-3H3,(H,26,29)/t16-,17+/m0/s1. The molecule has 30 heavy (non-hydrogen) atoms. The van der Waals surface area contributed by atoms with Gasteiger partial charge >= 0.3 is 0 Å². The molecule has 162 valence electrons. The van der Waals surface area contributed by atoms with Gasteiger partial charge in [-0.25, -0.2) is 4.39 Å². The number of halogens is 2. The van der Waals surface area contributed by atoms with Gasteiger partial charge < -0.3 is 10.2 Å². The van der Waals surface area contributed by atoms with Crippen LogP contribution in [0.15, 0.2) is 48.5 Å². The summed E-state index contributed by atoms with van der Waals surface area (Å²) in [7, 11) is 0. The van der Waals surface area contributed by atoms with E-state index >= 15 is 0 Å². The number of carbonyl (C=O) groups is 2. The lowest BCUT2D eigenvalue weighted by Crippen LogP contribution is -2.50. The number of carbonyl (C=O) groups excluding carboxylic acids is 2. The molecule has 0 aliphatic carbocycles. The van der Waals surface area contributed by atoms with Gasteiger partial charge in [-0.3, -0.25) is 9.59 Å². The fourth-order valence-electron chi connectivity index (χ4n) is 2.80. The maximum Gasteiger partial charge on any atom is 0.242 e. The van der Waals surface area contributed by atoms with E-state index in [0.717, 1.165) is 17.5 Å². The Morgan fingerprint density at radius 1 is 1.13 bits per heavy atom. The topological polar surface area (TPSA) is 49.4 Å². The Morgan fingerprint density at radius 2 is 1.83 bits per heavy atom. The van der Waals surface area contributed by atoms with Gasteiger partial charge in [-0.2, -0.15) is 0 Å². The molecule has 0 saturated heterocycles. The van der Waals surface area contributed by atoms with Gasteiger partial charge in [0.25, 0.3) is 0 Å². The van der Waals surface area contributed by atoms with Gasteiger partial charge in [0.05, 0.1) is 5.75 Å². The lowest BCUT2D eigenvalue weighted by atomic mass is 10.1. The summed E-state index contributed by atoms with van der Waals surface area (Å²) in [5, 5.41) is 3.53. The van der Waals surface area contributed by atoms with E-state index in [1.165, 1.54) is 23.9 Å². The van der Waals surface area contributed by atoms with Crippen LogP contribution in [-0.2, 0) is 21.9 Å². The molecular weight excluding hydrogens is 423 g/mol. The molecule has 0 heterocycles. The Hall–Kier alpha value is -2.05. The Balaban J connectivity index is 2.07. The average molecular weight is 451 g/mol. The molecule has 0 saturated carbocycles. The van der Waals surface area contributed by atoms with Crippen LogP contribution >= 0.6 is 23.4 Å². The summed E-state index contributed by atoms with van der Waals surface area (Å²) in [4.78, 5) is 27.3. The van der Waals surface area contributed by atoms with E-state index in [1.54, 1.807) is 36.1 Å². The molecule has 1 N–H and O–H groups in total. The van der Waals surface area contributed by atoms with E-state index in [9.17, 15) is 14.0 Å². The molecule has 0 aromatic heterocycles. The summed E-state index contributed by atoms with van der Waals surface area (Å²) >= 11 is 7.53. The monoisotopic (exact) mass is 450 g/mol. The van der Waals surface area contributed by atoms with Crippen LogP contribution in [0.25, 0.3) is 0 Å². The van der Waals surface area contributed by atoms with Crippen LogP contribution in [0, 0.1) is 5.82 Å². The molecule has 2 amide bonds. The highest BCUT2D eigenvalue weighted by atomic mass is 35.5. The zero-order valence-corrected chi connectivity index (χ0v) is 19.1. The Bertz CT molecular complexity index is 847. The summed E-state index contributed by atoms with van der Waals surface area (Å²) in [6, 6.07) is 12.9. The number of nitrogens with zero attached hydrogens (tertiary/aromatic N) is 1. The second kappa shape index (κ2) is 12.0. The van der Waals surface area contributed by atoms with Crippen LogP contribution < -0.4 is 5.32 Å². The fraction of sp³-hybridized carbons (Fsp3) is 0.391. The molecule has 0 spiro atoms. The number of benzene rings is 2. The molecule has 2 aromatic rings. The zero-order valence-electron chi connectivity index (χ0n) is 17.5. The number of thioether (sulfide) groups is 1. The lowest BCUT2D eigenvalue weighted by molar-refractivity contribution is -0.138. The number of nitrogens with one attached hydrogen (secondary N) is 1. The first-order chi connectivity index (χ1) is 14.3. The molecule has 4 nitrogen and oxygen atoms in total. The molecule has 2 atom stereocenters. The SMILES string of the molecule is CC[C@H](C)NC(=O)[C@@H](C)N(Cc1cccc(Cl)c1)C(=O)CSCc1ccc(F)cc1. The van der Waals surface area contributed by atoms with Crippen LogP contribution in [-0.4, -0.2) is 34.6 Å². The predicted octanol–water partition coefficient (Wildman–Crippen LogP) is 5.04. The van der Waals surface area contributed by atoms with Crippen molar-refractivity contribution in [3.8, 4) is 0 Å². The van der Waals surface area contributed by atoms with Crippen LogP contribution in [0.3, 0.4) is 0 Å². The molecule has 0 radical (unpaired) electrons. The number of hydrogen-bond acceptors (Lipinski definition) is 3. The van der Waals surface area contributed by atoms with E-state index < -0.39 is 6.04 Å². The first kappa shape index (κ1) is 24.2. The van der Waals surface area contributed by atoms with Crippen LogP contribution in [0.1, 0.15) is 38.3 Å². The van der Waals surface area contributed by atoms with Gasteiger partial charge in [0, 0.05) is 23.4 Å². The highest BCUT2D eigenvalue weighted by molar-refractivity contribution is 7.99. The summed E-state index contributed by atoms with van der Waals surface area (Å²) in [5.41, 5.74) is 1.81. The lowest BCUT2D eigenvalue weighted by Gasteiger charge is -2.29. The molecule has 7 heteroatoms. The Morgan fingerprint density at radius 3 is 2.47 bits per heavy atom. The maximum atomic E-state index is 13.0. The normalized spacial score (nSPS) is 12.8. The van der Waals surface area contributed by atoms with E-state index in [2.05, 4.69) is 5.32 Å². The van der Waals surface area contributed by atoms with Crippen molar-refractivity contribution in [2.45, 2.75) is 51.6 Å². The molecule has 0 fully saturated rings. The Kier molecular flexibility index (Phi) is 9.66. The van der Waals surface area contributed by atoms with Crippen molar-refractivity contribution in [1.82, 2.24) is 10.2 Å². The van der Waals surface area contributed by atoms with Gasteiger partial charge in [0.1, 0.15) is 11.9 Å². The van der Waals surface area contributed by atoms with Crippen molar-refractivity contribution < 1.29 is 14.0 Å². The van der Waals surface area contributed by atoms with Gasteiger partial charge in [-0.15, -0.1) is 11.8 Å². The zero-order chi connectivity index (χ0) is 22.1. The third kappa shape index (κ3) is 7.65. The van der Waals surface area contributed by atoms with Crippen LogP contribution in [0.5, 0.6) is 0 Å². The van der Waals surface area contributed by atoms with Gasteiger partial charge in [0.15, 0.2) is 0 Å². The highest BCUT2D eigenvalue weighted by Crippen LogP contribution is 2.18. The first-order valence-corrected chi connectivity index (χ1v) is 11.5. The number of amides is 2. The van der Waals surface area contributed by atoms with E-state index in [1.807, 2.05) is 26.0 Å². The maximum absolute atomic E-state index is 13.0.